The number of aromatic nitrogens is 1. The molecule has 1 unspecified atom stereocenters. The van der Waals surface area contributed by atoms with Crippen LogP contribution in [0.5, 0.6) is 5.75 Å². The summed E-state index contributed by atoms with van der Waals surface area (Å²) < 4.78 is 5.37. The predicted molar refractivity (Wildman–Crippen MR) is 93.7 cm³/mol. The first kappa shape index (κ1) is 18.4. The molecule has 0 fully saturated rings. The average molecular weight is 342 g/mol. The van der Waals surface area contributed by atoms with E-state index in [2.05, 4.69) is 10.3 Å². The van der Waals surface area contributed by atoms with Crippen LogP contribution >= 0.6 is 0 Å². The van der Waals surface area contributed by atoms with E-state index < -0.39 is 11.9 Å². The summed E-state index contributed by atoms with van der Waals surface area (Å²) >= 11 is 0. The summed E-state index contributed by atoms with van der Waals surface area (Å²) in [5.41, 5.74) is 1.89. The molecule has 0 saturated carbocycles. The number of carbonyl (C=O) groups is 2. The number of aliphatic carboxylic acids is 1. The van der Waals surface area contributed by atoms with Crippen LogP contribution in [0.1, 0.15) is 28.7 Å². The SMILES string of the molecule is CCOc1ccc(CC(CNC(=O)c2cccc(C)n2)C(=O)O)cc1. The normalized spacial score (nSPS) is 11.6. The topological polar surface area (TPSA) is 88.5 Å². The Morgan fingerprint density at radius 3 is 2.52 bits per heavy atom. The van der Waals surface area contributed by atoms with E-state index in [0.717, 1.165) is 17.0 Å². The van der Waals surface area contributed by atoms with Crippen LogP contribution in [-0.4, -0.2) is 35.1 Å². The van der Waals surface area contributed by atoms with Crippen LogP contribution < -0.4 is 10.1 Å². The highest BCUT2D eigenvalue weighted by Crippen LogP contribution is 2.15. The van der Waals surface area contributed by atoms with Crippen LogP contribution in [0.2, 0.25) is 0 Å². The second-order valence-corrected chi connectivity index (χ2v) is 5.69. The predicted octanol–water partition coefficient (Wildman–Crippen LogP) is 2.46. The van der Waals surface area contributed by atoms with E-state index in [0.29, 0.717) is 13.0 Å². The molecule has 0 aliphatic heterocycles. The van der Waals surface area contributed by atoms with Crippen molar-refractivity contribution in [3.05, 3.63) is 59.4 Å². The van der Waals surface area contributed by atoms with Gasteiger partial charge in [0.2, 0.25) is 0 Å². The van der Waals surface area contributed by atoms with Crippen molar-refractivity contribution in [1.82, 2.24) is 10.3 Å². The Morgan fingerprint density at radius 1 is 1.20 bits per heavy atom. The lowest BCUT2D eigenvalue weighted by molar-refractivity contribution is -0.141. The molecule has 0 saturated heterocycles. The molecule has 6 nitrogen and oxygen atoms in total. The van der Waals surface area contributed by atoms with Crippen LogP contribution in [0.25, 0.3) is 0 Å². The van der Waals surface area contributed by atoms with Gasteiger partial charge in [-0.1, -0.05) is 18.2 Å². The van der Waals surface area contributed by atoms with Crippen LogP contribution in [0.15, 0.2) is 42.5 Å². The van der Waals surface area contributed by atoms with Crippen molar-refractivity contribution < 1.29 is 19.4 Å². The molecular weight excluding hydrogens is 320 g/mol. The standard InChI is InChI=1S/C19H22N2O4/c1-3-25-16-9-7-14(8-10-16)11-15(19(23)24)12-20-18(22)17-6-4-5-13(2)21-17/h4-10,15H,3,11-12H2,1-2H3,(H,20,22)(H,23,24). The number of carboxylic acids is 1. The number of benzene rings is 1. The molecule has 0 aliphatic rings. The first-order valence-corrected chi connectivity index (χ1v) is 8.16. The number of rotatable bonds is 8. The highest BCUT2D eigenvalue weighted by molar-refractivity contribution is 5.92. The third-order valence-corrected chi connectivity index (χ3v) is 3.70. The van der Waals surface area contributed by atoms with Gasteiger partial charge in [0.15, 0.2) is 0 Å². The lowest BCUT2D eigenvalue weighted by atomic mass is 9.99. The molecule has 1 aromatic carbocycles. The molecule has 1 amide bonds. The van der Waals surface area contributed by atoms with Gasteiger partial charge in [0.1, 0.15) is 11.4 Å². The van der Waals surface area contributed by atoms with Crippen LogP contribution in [0.3, 0.4) is 0 Å². The largest absolute Gasteiger partial charge is 0.494 e. The smallest absolute Gasteiger partial charge is 0.308 e. The Hall–Kier alpha value is -2.89. The van der Waals surface area contributed by atoms with Crippen LogP contribution in [0, 0.1) is 12.8 Å². The fourth-order valence-corrected chi connectivity index (χ4v) is 2.40. The third kappa shape index (κ3) is 5.60. The number of ether oxygens (including phenoxy) is 1. The first-order valence-electron chi connectivity index (χ1n) is 8.16. The molecule has 1 aromatic heterocycles. The molecule has 1 heterocycles. The van der Waals surface area contributed by atoms with E-state index in [9.17, 15) is 14.7 Å². The average Bonchev–Trinajstić information content (AvgIpc) is 2.59. The molecule has 25 heavy (non-hydrogen) atoms. The summed E-state index contributed by atoms with van der Waals surface area (Å²) in [5.74, 6) is -1.29. The molecule has 6 heteroatoms. The molecule has 0 radical (unpaired) electrons. The molecule has 1 atom stereocenters. The van der Waals surface area contributed by atoms with Gasteiger partial charge in [-0.05, 0) is 50.1 Å². The lowest BCUT2D eigenvalue weighted by Crippen LogP contribution is -2.34. The Balaban J connectivity index is 1.96. The lowest BCUT2D eigenvalue weighted by Gasteiger charge is -2.14. The highest BCUT2D eigenvalue weighted by atomic mass is 16.5. The summed E-state index contributed by atoms with van der Waals surface area (Å²) in [6.07, 6.45) is 0.323. The second-order valence-electron chi connectivity index (χ2n) is 5.69. The maximum absolute atomic E-state index is 12.1. The number of nitrogens with zero attached hydrogens (tertiary/aromatic N) is 1. The maximum atomic E-state index is 12.1. The van der Waals surface area contributed by atoms with Gasteiger partial charge in [0.05, 0.1) is 12.5 Å². The number of hydrogen-bond acceptors (Lipinski definition) is 4. The Bertz CT molecular complexity index is 728. The molecule has 132 valence electrons. The fourth-order valence-electron chi connectivity index (χ4n) is 2.40. The number of hydrogen-bond donors (Lipinski definition) is 2. The number of carboxylic acid groups (broad SMARTS) is 1. The van der Waals surface area contributed by atoms with Gasteiger partial charge < -0.3 is 15.2 Å². The Morgan fingerprint density at radius 2 is 1.92 bits per heavy atom. The quantitative estimate of drug-likeness (QED) is 0.769. The molecule has 2 aromatic rings. The number of carbonyl (C=O) groups excluding carboxylic acids is 1. The van der Waals surface area contributed by atoms with Crippen LogP contribution in [-0.2, 0) is 11.2 Å². The molecule has 2 N–H and O–H groups in total. The van der Waals surface area contributed by atoms with Gasteiger partial charge in [-0.2, -0.15) is 0 Å². The van der Waals surface area contributed by atoms with Crippen molar-refractivity contribution in [3.63, 3.8) is 0 Å². The molecule has 0 aliphatic carbocycles. The van der Waals surface area contributed by atoms with Crippen molar-refractivity contribution in [2.45, 2.75) is 20.3 Å². The van der Waals surface area contributed by atoms with Crippen molar-refractivity contribution in [1.29, 1.82) is 0 Å². The number of nitrogens with one attached hydrogen (secondary N) is 1. The van der Waals surface area contributed by atoms with Gasteiger partial charge in [0, 0.05) is 12.2 Å². The molecule has 2 rings (SSSR count). The van der Waals surface area contributed by atoms with E-state index in [-0.39, 0.29) is 18.1 Å². The van der Waals surface area contributed by atoms with Gasteiger partial charge in [-0.15, -0.1) is 0 Å². The van der Waals surface area contributed by atoms with Crippen LogP contribution in [0.4, 0.5) is 0 Å². The van der Waals surface area contributed by atoms with Gasteiger partial charge >= 0.3 is 5.97 Å². The Kier molecular flexibility index (Phi) is 6.51. The molecule has 0 spiro atoms. The zero-order valence-corrected chi connectivity index (χ0v) is 14.4. The summed E-state index contributed by atoms with van der Waals surface area (Å²) in [6.45, 7) is 4.32. The van der Waals surface area contributed by atoms with E-state index >= 15 is 0 Å². The maximum Gasteiger partial charge on any atom is 0.308 e. The van der Waals surface area contributed by atoms with Crippen molar-refractivity contribution in [3.8, 4) is 5.75 Å². The minimum Gasteiger partial charge on any atom is -0.494 e. The summed E-state index contributed by atoms with van der Waals surface area (Å²) in [7, 11) is 0. The summed E-state index contributed by atoms with van der Waals surface area (Å²) in [4.78, 5) is 27.7. The van der Waals surface area contributed by atoms with Crippen molar-refractivity contribution in [2.75, 3.05) is 13.2 Å². The number of amides is 1. The van der Waals surface area contributed by atoms with Gasteiger partial charge in [-0.25, -0.2) is 4.98 Å². The zero-order chi connectivity index (χ0) is 18.2. The minimum absolute atomic E-state index is 0.0387. The highest BCUT2D eigenvalue weighted by Gasteiger charge is 2.20. The molecule has 0 bridgehead atoms. The monoisotopic (exact) mass is 342 g/mol. The number of aryl methyl sites for hydroxylation is 1. The van der Waals surface area contributed by atoms with Gasteiger partial charge in [-0.3, -0.25) is 9.59 Å². The zero-order valence-electron chi connectivity index (χ0n) is 14.4. The number of pyridine rings is 1. The van der Waals surface area contributed by atoms with E-state index in [4.69, 9.17) is 4.74 Å². The van der Waals surface area contributed by atoms with Gasteiger partial charge in [0.25, 0.3) is 5.91 Å². The van der Waals surface area contributed by atoms with Crippen molar-refractivity contribution in [2.24, 2.45) is 5.92 Å². The third-order valence-electron chi connectivity index (χ3n) is 3.70. The van der Waals surface area contributed by atoms with E-state index in [1.165, 1.54) is 0 Å². The molecular formula is C19H22N2O4. The minimum atomic E-state index is -0.952. The van der Waals surface area contributed by atoms with E-state index in [1.54, 1.807) is 25.1 Å². The fraction of sp³-hybridized carbons (Fsp3) is 0.316. The second kappa shape index (κ2) is 8.82. The summed E-state index contributed by atoms with van der Waals surface area (Å²) in [5, 5.41) is 12.1. The van der Waals surface area contributed by atoms with Crippen molar-refractivity contribution >= 4 is 11.9 Å². The Labute approximate surface area is 146 Å². The first-order chi connectivity index (χ1) is 12.0. The summed E-state index contributed by atoms with van der Waals surface area (Å²) in [6, 6.07) is 12.4. The van der Waals surface area contributed by atoms with E-state index in [1.807, 2.05) is 31.2 Å².